The predicted octanol–water partition coefficient (Wildman–Crippen LogP) is 5.38. The Balaban J connectivity index is 1.81. The fourth-order valence-electron chi connectivity index (χ4n) is 3.11. The van der Waals surface area contributed by atoms with Crippen LogP contribution in [0.4, 0.5) is 0 Å². The van der Waals surface area contributed by atoms with Gasteiger partial charge in [-0.1, -0.05) is 60.7 Å². The van der Waals surface area contributed by atoms with Crippen LogP contribution in [0, 0.1) is 0 Å². The third-order valence-electron chi connectivity index (χ3n) is 4.68. The molecule has 3 rings (SSSR count). The van der Waals surface area contributed by atoms with E-state index >= 15 is 0 Å². The highest BCUT2D eigenvalue weighted by Crippen LogP contribution is 2.36. The summed E-state index contributed by atoms with van der Waals surface area (Å²) in [7, 11) is 0. The maximum atomic E-state index is 12.8. The van der Waals surface area contributed by atoms with Crippen LogP contribution in [0.1, 0.15) is 31.4 Å². The number of carbonyl (C=O) groups excluding carboxylic acids is 1. The van der Waals surface area contributed by atoms with Gasteiger partial charge in [0.2, 0.25) is 0 Å². The molecule has 0 spiro atoms. The van der Waals surface area contributed by atoms with Crippen LogP contribution in [-0.4, -0.2) is 38.9 Å². The smallest absolute Gasteiger partial charge is 0.326 e. The number of hydrogen-bond acceptors (Lipinski definition) is 6. The molecule has 1 N–H and O–H groups in total. The van der Waals surface area contributed by atoms with Crippen molar-refractivity contribution in [2.45, 2.75) is 32.9 Å². The van der Waals surface area contributed by atoms with Gasteiger partial charge in [0.25, 0.3) is 5.91 Å². The minimum atomic E-state index is -1.08. The van der Waals surface area contributed by atoms with Gasteiger partial charge >= 0.3 is 5.97 Å². The van der Waals surface area contributed by atoms with Crippen molar-refractivity contribution in [1.82, 2.24) is 4.90 Å². The Morgan fingerprint density at radius 1 is 1.19 bits per heavy atom. The van der Waals surface area contributed by atoms with Gasteiger partial charge in [-0.3, -0.25) is 9.69 Å². The molecule has 0 saturated carbocycles. The molecule has 1 amide bonds. The number of thioether (sulfide) groups is 1. The second kappa shape index (κ2) is 10.8. The van der Waals surface area contributed by atoms with Crippen molar-refractivity contribution >= 4 is 57.9 Å². The number of carboxylic acids is 1. The van der Waals surface area contributed by atoms with E-state index in [1.807, 2.05) is 19.1 Å². The summed E-state index contributed by atoms with van der Waals surface area (Å²) in [5.41, 5.74) is 1.68. The van der Waals surface area contributed by atoms with Crippen LogP contribution in [-0.2, 0) is 16.2 Å². The number of hydrogen-bond donors (Lipinski definition) is 1. The normalized spacial score (nSPS) is 15.8. The molecule has 1 fully saturated rings. The molecule has 6 nitrogen and oxygen atoms in total. The van der Waals surface area contributed by atoms with Crippen molar-refractivity contribution in [2.24, 2.45) is 0 Å². The molecule has 1 saturated heterocycles. The van der Waals surface area contributed by atoms with Gasteiger partial charge in [0.1, 0.15) is 17.0 Å². The molecule has 1 aliphatic heterocycles. The van der Waals surface area contributed by atoms with E-state index < -0.39 is 17.9 Å². The summed E-state index contributed by atoms with van der Waals surface area (Å²) in [6.07, 6.45) is 1.95. The molecule has 1 aliphatic rings. The average Bonchev–Trinajstić information content (AvgIpc) is 3.03. The molecule has 0 aromatic heterocycles. The topological polar surface area (TPSA) is 76.1 Å². The SMILES string of the molecule is CCOc1cc(/C=C2\SC(=S)N([C@@H](CC)C(=O)O)C2=O)ccc1OCc1ccc(Cl)cc1. The first kappa shape index (κ1) is 24.1. The van der Waals surface area contributed by atoms with Crippen LogP contribution in [0.3, 0.4) is 0 Å². The van der Waals surface area contributed by atoms with Gasteiger partial charge in [-0.2, -0.15) is 0 Å². The van der Waals surface area contributed by atoms with E-state index in [0.717, 1.165) is 22.9 Å². The first-order valence-electron chi connectivity index (χ1n) is 9.98. The summed E-state index contributed by atoms with van der Waals surface area (Å²) < 4.78 is 11.9. The number of amides is 1. The molecule has 9 heteroatoms. The molecule has 32 heavy (non-hydrogen) atoms. The van der Waals surface area contributed by atoms with Crippen LogP contribution < -0.4 is 9.47 Å². The Bertz CT molecular complexity index is 1050. The number of carbonyl (C=O) groups is 2. The number of benzene rings is 2. The Morgan fingerprint density at radius 2 is 1.91 bits per heavy atom. The fourth-order valence-corrected chi connectivity index (χ4v) is 4.59. The quantitative estimate of drug-likeness (QED) is 0.372. The Kier molecular flexibility index (Phi) is 8.17. The van der Waals surface area contributed by atoms with E-state index in [4.69, 9.17) is 33.3 Å². The molecule has 0 radical (unpaired) electrons. The molecule has 0 bridgehead atoms. The van der Waals surface area contributed by atoms with Crippen LogP contribution >= 0.6 is 35.6 Å². The standard InChI is InChI=1S/C23H22ClNO5S2/c1-3-17(22(27)28)25-21(26)20(32-23(25)31)12-15-7-10-18(19(11-15)29-4-2)30-13-14-5-8-16(24)9-6-14/h5-12,17H,3-4,13H2,1-2H3,(H,27,28)/b20-12-/t17-/m0/s1. The Morgan fingerprint density at radius 3 is 2.53 bits per heavy atom. The molecule has 168 valence electrons. The highest BCUT2D eigenvalue weighted by Gasteiger charge is 2.39. The first-order chi connectivity index (χ1) is 15.3. The zero-order chi connectivity index (χ0) is 23.3. The van der Waals surface area contributed by atoms with Gasteiger partial charge in [0.05, 0.1) is 11.5 Å². The molecule has 0 aliphatic carbocycles. The monoisotopic (exact) mass is 491 g/mol. The fraction of sp³-hybridized carbons (Fsp3) is 0.261. The number of rotatable bonds is 9. The lowest BCUT2D eigenvalue weighted by molar-refractivity contribution is -0.145. The number of aliphatic carboxylic acids is 1. The summed E-state index contributed by atoms with van der Waals surface area (Å²) in [5, 5.41) is 10.1. The van der Waals surface area contributed by atoms with Crippen LogP contribution in [0.15, 0.2) is 47.4 Å². The number of ether oxygens (including phenoxy) is 2. The number of halogens is 1. The molecule has 2 aromatic rings. The summed E-state index contributed by atoms with van der Waals surface area (Å²) in [4.78, 5) is 25.8. The highest BCUT2D eigenvalue weighted by molar-refractivity contribution is 8.26. The maximum Gasteiger partial charge on any atom is 0.326 e. The zero-order valence-electron chi connectivity index (χ0n) is 17.5. The second-order valence-corrected chi connectivity index (χ2v) is 8.98. The van der Waals surface area contributed by atoms with Crippen molar-refractivity contribution in [1.29, 1.82) is 0 Å². The van der Waals surface area contributed by atoms with Crippen LogP contribution in [0.25, 0.3) is 6.08 Å². The third-order valence-corrected chi connectivity index (χ3v) is 6.26. The van der Waals surface area contributed by atoms with Crippen molar-refractivity contribution in [3.05, 3.63) is 63.5 Å². The summed E-state index contributed by atoms with van der Waals surface area (Å²) in [6.45, 7) is 4.37. The van der Waals surface area contributed by atoms with Gasteiger partial charge in [0, 0.05) is 5.02 Å². The Labute approximate surface area is 201 Å². The van der Waals surface area contributed by atoms with Crippen LogP contribution in [0.5, 0.6) is 11.5 Å². The van der Waals surface area contributed by atoms with Crippen molar-refractivity contribution in [2.75, 3.05) is 6.61 Å². The molecular formula is C23H22ClNO5S2. The lowest BCUT2D eigenvalue weighted by Crippen LogP contribution is -2.43. The lowest BCUT2D eigenvalue weighted by Gasteiger charge is -2.21. The first-order valence-corrected chi connectivity index (χ1v) is 11.6. The minimum Gasteiger partial charge on any atom is -0.490 e. The third kappa shape index (κ3) is 5.62. The lowest BCUT2D eigenvalue weighted by atomic mass is 10.1. The van der Waals surface area contributed by atoms with E-state index in [9.17, 15) is 14.7 Å². The van der Waals surface area contributed by atoms with E-state index in [0.29, 0.717) is 34.6 Å². The van der Waals surface area contributed by atoms with E-state index in [1.54, 1.807) is 43.3 Å². The van der Waals surface area contributed by atoms with Crippen molar-refractivity contribution in [3.8, 4) is 11.5 Å². The average molecular weight is 492 g/mol. The minimum absolute atomic E-state index is 0.239. The number of nitrogens with zero attached hydrogens (tertiary/aromatic N) is 1. The zero-order valence-corrected chi connectivity index (χ0v) is 19.9. The largest absolute Gasteiger partial charge is 0.490 e. The molecule has 2 aromatic carbocycles. The predicted molar refractivity (Wildman–Crippen MR) is 130 cm³/mol. The van der Waals surface area contributed by atoms with Gasteiger partial charge in [0.15, 0.2) is 11.5 Å². The van der Waals surface area contributed by atoms with E-state index in [2.05, 4.69) is 0 Å². The molecular weight excluding hydrogens is 470 g/mol. The van der Waals surface area contributed by atoms with Gasteiger partial charge in [-0.05, 0) is 54.8 Å². The number of carboxylic acid groups (broad SMARTS) is 1. The van der Waals surface area contributed by atoms with Gasteiger partial charge in [-0.15, -0.1) is 0 Å². The molecule has 1 heterocycles. The van der Waals surface area contributed by atoms with E-state index in [-0.39, 0.29) is 10.7 Å². The van der Waals surface area contributed by atoms with Gasteiger partial charge < -0.3 is 14.6 Å². The molecule has 1 atom stereocenters. The maximum absolute atomic E-state index is 12.8. The summed E-state index contributed by atoms with van der Waals surface area (Å²) in [6, 6.07) is 11.8. The Hall–Kier alpha value is -2.55. The van der Waals surface area contributed by atoms with E-state index in [1.165, 1.54) is 4.90 Å². The van der Waals surface area contributed by atoms with Gasteiger partial charge in [-0.25, -0.2) is 4.79 Å². The van der Waals surface area contributed by atoms with Crippen molar-refractivity contribution in [3.63, 3.8) is 0 Å². The van der Waals surface area contributed by atoms with Crippen molar-refractivity contribution < 1.29 is 24.2 Å². The van der Waals surface area contributed by atoms with Crippen LogP contribution in [0.2, 0.25) is 5.02 Å². The second-order valence-electron chi connectivity index (χ2n) is 6.87. The molecule has 0 unspecified atom stereocenters. The summed E-state index contributed by atoms with van der Waals surface area (Å²) >= 11 is 12.3. The summed E-state index contributed by atoms with van der Waals surface area (Å²) in [5.74, 6) is -0.368. The highest BCUT2D eigenvalue weighted by atomic mass is 35.5. The number of thiocarbonyl (C=S) groups is 1.